The van der Waals surface area contributed by atoms with Crippen LogP contribution in [0.1, 0.15) is 33.3 Å². The topological polar surface area (TPSA) is 38.3 Å². The number of hydrogen-bond acceptors (Lipinski definition) is 2. The van der Waals surface area contributed by atoms with Gasteiger partial charge in [-0.25, -0.2) is 4.39 Å². The van der Waals surface area contributed by atoms with Gasteiger partial charge in [0.05, 0.1) is 10.7 Å². The molecule has 0 aliphatic heterocycles. The Morgan fingerprint density at radius 1 is 1.17 bits per heavy atom. The summed E-state index contributed by atoms with van der Waals surface area (Å²) in [5.74, 6) is -0.208. The molecule has 1 N–H and O–H groups in total. The Hall–Kier alpha value is -2.07. The molecule has 24 heavy (non-hydrogen) atoms. The normalized spacial score (nSPS) is 12.6. The largest absolute Gasteiger partial charge is 0.481 e. The molecule has 0 fully saturated rings. The molecule has 2 aromatic rings. The molecule has 0 saturated carbocycles. The van der Waals surface area contributed by atoms with E-state index in [2.05, 4.69) is 26.1 Å². The molecule has 2 rings (SSSR count). The van der Waals surface area contributed by atoms with Crippen molar-refractivity contribution in [3.63, 3.8) is 0 Å². The first-order chi connectivity index (χ1) is 11.2. The first-order valence-corrected chi connectivity index (χ1v) is 8.08. The number of amides is 1. The van der Waals surface area contributed by atoms with E-state index in [4.69, 9.17) is 16.3 Å². The molecule has 128 valence electrons. The minimum absolute atomic E-state index is 0.0564. The third-order valence-corrected chi connectivity index (χ3v) is 3.90. The van der Waals surface area contributed by atoms with Gasteiger partial charge in [0, 0.05) is 0 Å². The molecular weight excluding hydrogens is 329 g/mol. The Labute approximate surface area is 146 Å². The fourth-order valence-corrected chi connectivity index (χ4v) is 2.33. The van der Waals surface area contributed by atoms with Crippen molar-refractivity contribution in [2.24, 2.45) is 0 Å². The number of halogens is 2. The number of carbonyl (C=O) groups excluding carboxylic acids is 1. The number of benzene rings is 2. The van der Waals surface area contributed by atoms with E-state index in [1.807, 2.05) is 24.3 Å². The SMILES string of the molecule is C[C@@H](Oc1ccc(C(C)(C)C)cc1)C(=O)Nc1ccc(F)cc1Cl. The molecule has 0 bridgehead atoms. The maximum Gasteiger partial charge on any atom is 0.265 e. The second-order valence-electron chi connectivity index (χ2n) is 6.65. The van der Waals surface area contributed by atoms with Gasteiger partial charge in [-0.15, -0.1) is 0 Å². The second-order valence-corrected chi connectivity index (χ2v) is 7.06. The van der Waals surface area contributed by atoms with Crippen LogP contribution in [0.5, 0.6) is 5.75 Å². The van der Waals surface area contributed by atoms with Crippen LogP contribution in [0.15, 0.2) is 42.5 Å². The summed E-state index contributed by atoms with van der Waals surface area (Å²) in [4.78, 5) is 12.2. The van der Waals surface area contributed by atoms with Crippen LogP contribution in [0.25, 0.3) is 0 Å². The third kappa shape index (κ3) is 4.71. The van der Waals surface area contributed by atoms with Crippen LogP contribution in [0.2, 0.25) is 5.02 Å². The quantitative estimate of drug-likeness (QED) is 0.825. The van der Waals surface area contributed by atoms with Crippen LogP contribution < -0.4 is 10.1 Å². The summed E-state index contributed by atoms with van der Waals surface area (Å²) in [7, 11) is 0. The van der Waals surface area contributed by atoms with Gasteiger partial charge in [-0.3, -0.25) is 4.79 Å². The monoisotopic (exact) mass is 349 g/mol. The number of carbonyl (C=O) groups is 1. The Bertz CT molecular complexity index is 723. The summed E-state index contributed by atoms with van der Waals surface area (Å²) in [6, 6.07) is 11.4. The van der Waals surface area contributed by atoms with Gasteiger partial charge in [0.1, 0.15) is 11.6 Å². The highest BCUT2D eigenvalue weighted by Crippen LogP contribution is 2.25. The molecule has 2 aromatic carbocycles. The van der Waals surface area contributed by atoms with E-state index in [0.717, 1.165) is 6.07 Å². The van der Waals surface area contributed by atoms with Crippen LogP contribution in [0.4, 0.5) is 10.1 Å². The van der Waals surface area contributed by atoms with Crippen LogP contribution in [-0.2, 0) is 10.2 Å². The second kappa shape index (κ2) is 7.22. The summed E-state index contributed by atoms with van der Waals surface area (Å²) >= 11 is 5.90. The molecule has 5 heteroatoms. The van der Waals surface area contributed by atoms with Crippen molar-refractivity contribution in [2.75, 3.05) is 5.32 Å². The van der Waals surface area contributed by atoms with Crippen LogP contribution in [0.3, 0.4) is 0 Å². The highest BCUT2D eigenvalue weighted by molar-refractivity contribution is 6.33. The van der Waals surface area contributed by atoms with Crippen molar-refractivity contribution in [1.29, 1.82) is 0 Å². The van der Waals surface area contributed by atoms with E-state index < -0.39 is 11.9 Å². The lowest BCUT2D eigenvalue weighted by molar-refractivity contribution is -0.122. The number of rotatable bonds is 4. The highest BCUT2D eigenvalue weighted by Gasteiger charge is 2.17. The number of hydrogen-bond donors (Lipinski definition) is 1. The molecule has 0 aliphatic rings. The maximum absolute atomic E-state index is 13.0. The lowest BCUT2D eigenvalue weighted by Crippen LogP contribution is -2.30. The minimum atomic E-state index is -0.716. The minimum Gasteiger partial charge on any atom is -0.481 e. The highest BCUT2D eigenvalue weighted by atomic mass is 35.5. The van der Waals surface area contributed by atoms with Gasteiger partial charge in [0.25, 0.3) is 5.91 Å². The van der Waals surface area contributed by atoms with Crippen molar-refractivity contribution in [1.82, 2.24) is 0 Å². The fourth-order valence-electron chi connectivity index (χ4n) is 2.12. The van der Waals surface area contributed by atoms with Gasteiger partial charge in [-0.1, -0.05) is 44.5 Å². The third-order valence-electron chi connectivity index (χ3n) is 3.59. The smallest absolute Gasteiger partial charge is 0.265 e. The zero-order valence-corrected chi connectivity index (χ0v) is 14.9. The summed E-state index contributed by atoms with van der Waals surface area (Å²) in [6.07, 6.45) is -0.716. The molecule has 0 saturated heterocycles. The average Bonchev–Trinajstić information content (AvgIpc) is 2.49. The fraction of sp³-hybridized carbons (Fsp3) is 0.316. The summed E-state index contributed by atoms with van der Waals surface area (Å²) in [6.45, 7) is 8.03. The van der Waals surface area contributed by atoms with Gasteiger partial charge in [-0.2, -0.15) is 0 Å². The average molecular weight is 350 g/mol. The molecular formula is C19H21ClFNO2. The van der Waals surface area contributed by atoms with E-state index in [9.17, 15) is 9.18 Å². The maximum atomic E-state index is 13.0. The van der Waals surface area contributed by atoms with E-state index in [1.165, 1.54) is 17.7 Å². The molecule has 0 heterocycles. The van der Waals surface area contributed by atoms with Gasteiger partial charge < -0.3 is 10.1 Å². The van der Waals surface area contributed by atoms with Crippen molar-refractivity contribution in [3.8, 4) is 5.75 Å². The molecule has 0 aromatic heterocycles. The zero-order chi connectivity index (χ0) is 17.9. The van der Waals surface area contributed by atoms with Gasteiger partial charge in [0.15, 0.2) is 6.10 Å². The standard InChI is InChI=1S/C19H21ClFNO2/c1-12(18(23)22-17-10-7-14(21)11-16(17)20)24-15-8-5-13(6-9-15)19(2,3)4/h5-12H,1-4H3,(H,22,23)/t12-/m1/s1. The van der Waals surface area contributed by atoms with Crippen LogP contribution in [-0.4, -0.2) is 12.0 Å². The van der Waals surface area contributed by atoms with E-state index >= 15 is 0 Å². The van der Waals surface area contributed by atoms with Crippen molar-refractivity contribution >= 4 is 23.2 Å². The van der Waals surface area contributed by atoms with Crippen molar-refractivity contribution in [3.05, 3.63) is 58.9 Å². The van der Waals surface area contributed by atoms with E-state index in [-0.39, 0.29) is 16.3 Å². The molecule has 0 radical (unpaired) electrons. The predicted octanol–water partition coefficient (Wildman–Crippen LogP) is 5.18. The number of nitrogens with one attached hydrogen (secondary N) is 1. The first kappa shape index (κ1) is 18.3. The molecule has 1 atom stereocenters. The van der Waals surface area contributed by atoms with Crippen molar-refractivity contribution < 1.29 is 13.9 Å². The summed E-state index contributed by atoms with van der Waals surface area (Å²) in [5.41, 5.74) is 1.59. The lowest BCUT2D eigenvalue weighted by atomic mass is 9.87. The molecule has 0 aliphatic carbocycles. The lowest BCUT2D eigenvalue weighted by Gasteiger charge is -2.20. The molecule has 1 amide bonds. The Morgan fingerprint density at radius 2 is 1.79 bits per heavy atom. The van der Waals surface area contributed by atoms with Gasteiger partial charge in [-0.05, 0) is 48.2 Å². The summed E-state index contributed by atoms with van der Waals surface area (Å²) in [5, 5.41) is 2.77. The summed E-state index contributed by atoms with van der Waals surface area (Å²) < 4.78 is 18.7. The Kier molecular flexibility index (Phi) is 5.50. The molecule has 0 unspecified atom stereocenters. The first-order valence-electron chi connectivity index (χ1n) is 7.70. The predicted molar refractivity (Wildman–Crippen MR) is 95.3 cm³/mol. The number of ether oxygens (including phenoxy) is 1. The number of anilines is 1. The van der Waals surface area contributed by atoms with E-state index in [1.54, 1.807) is 6.92 Å². The Balaban J connectivity index is 2.01. The zero-order valence-electron chi connectivity index (χ0n) is 14.2. The molecule has 3 nitrogen and oxygen atoms in total. The van der Waals surface area contributed by atoms with Crippen LogP contribution in [0, 0.1) is 5.82 Å². The van der Waals surface area contributed by atoms with Crippen LogP contribution >= 0.6 is 11.6 Å². The Morgan fingerprint density at radius 3 is 2.33 bits per heavy atom. The molecule has 0 spiro atoms. The van der Waals surface area contributed by atoms with Gasteiger partial charge in [0.2, 0.25) is 0 Å². The van der Waals surface area contributed by atoms with Gasteiger partial charge >= 0.3 is 0 Å². The van der Waals surface area contributed by atoms with Crippen molar-refractivity contribution in [2.45, 2.75) is 39.2 Å². The van der Waals surface area contributed by atoms with E-state index in [0.29, 0.717) is 11.4 Å².